The number of hydrogen-bond acceptors (Lipinski definition) is 4. The lowest BCUT2D eigenvalue weighted by Gasteiger charge is -2.17. The molecule has 114 valence electrons. The van der Waals surface area contributed by atoms with Gasteiger partial charge in [0.25, 0.3) is 5.91 Å². The summed E-state index contributed by atoms with van der Waals surface area (Å²) in [6.07, 6.45) is -0.431. The zero-order chi connectivity index (χ0) is 15.2. The van der Waals surface area contributed by atoms with Crippen molar-refractivity contribution >= 4 is 11.8 Å². The van der Waals surface area contributed by atoms with Crippen molar-refractivity contribution in [2.24, 2.45) is 5.92 Å². The van der Waals surface area contributed by atoms with E-state index >= 15 is 0 Å². The van der Waals surface area contributed by atoms with Crippen LogP contribution >= 0.6 is 0 Å². The van der Waals surface area contributed by atoms with Crippen molar-refractivity contribution in [2.45, 2.75) is 19.1 Å². The summed E-state index contributed by atoms with van der Waals surface area (Å²) in [6.45, 7) is 3.28. The second kappa shape index (κ2) is 7.19. The van der Waals surface area contributed by atoms with Crippen LogP contribution in [-0.4, -0.2) is 48.7 Å². The molecule has 3 atom stereocenters. The average molecular weight is 291 g/mol. The minimum Gasteiger partial charge on any atom is -0.391 e. The third-order valence-electron chi connectivity index (χ3n) is 3.62. The molecule has 2 amide bonds. The van der Waals surface area contributed by atoms with Gasteiger partial charge in [-0.15, -0.1) is 0 Å². The summed E-state index contributed by atoms with van der Waals surface area (Å²) in [4.78, 5) is 23.9. The topological polar surface area (TPSA) is 90.5 Å². The maximum Gasteiger partial charge on any atom is 0.251 e. The predicted molar refractivity (Wildman–Crippen MR) is 78.7 cm³/mol. The predicted octanol–water partition coefficient (Wildman–Crippen LogP) is -0.499. The van der Waals surface area contributed by atoms with Crippen LogP contribution in [0.2, 0.25) is 0 Å². The molecule has 1 heterocycles. The zero-order valence-corrected chi connectivity index (χ0v) is 12.0. The van der Waals surface area contributed by atoms with Crippen molar-refractivity contribution < 1.29 is 14.7 Å². The van der Waals surface area contributed by atoms with E-state index in [1.807, 2.05) is 6.07 Å². The van der Waals surface area contributed by atoms with Crippen molar-refractivity contribution in [3.63, 3.8) is 0 Å². The lowest BCUT2D eigenvalue weighted by atomic mass is 10.1. The molecular formula is C15H21N3O3. The summed E-state index contributed by atoms with van der Waals surface area (Å²) >= 11 is 0. The fourth-order valence-corrected chi connectivity index (χ4v) is 2.25. The molecule has 4 N–H and O–H groups in total. The molecule has 6 nitrogen and oxygen atoms in total. The molecule has 1 saturated heterocycles. The van der Waals surface area contributed by atoms with E-state index in [2.05, 4.69) is 16.0 Å². The number of carbonyl (C=O) groups is 2. The van der Waals surface area contributed by atoms with E-state index in [-0.39, 0.29) is 17.7 Å². The lowest BCUT2D eigenvalue weighted by Crippen LogP contribution is -2.46. The molecule has 1 aliphatic rings. The van der Waals surface area contributed by atoms with Gasteiger partial charge in [0.1, 0.15) is 6.04 Å². The summed E-state index contributed by atoms with van der Waals surface area (Å²) in [5.74, 6) is -0.509. The molecule has 1 fully saturated rings. The average Bonchev–Trinajstić information content (AvgIpc) is 2.90. The fourth-order valence-electron chi connectivity index (χ4n) is 2.25. The van der Waals surface area contributed by atoms with Crippen molar-refractivity contribution in [1.82, 2.24) is 16.0 Å². The van der Waals surface area contributed by atoms with Gasteiger partial charge in [0.2, 0.25) is 5.91 Å². The Morgan fingerprint density at radius 3 is 2.67 bits per heavy atom. The van der Waals surface area contributed by atoms with Crippen LogP contribution in [0.3, 0.4) is 0 Å². The first-order chi connectivity index (χ1) is 10.1. The molecule has 1 aliphatic heterocycles. The van der Waals surface area contributed by atoms with E-state index in [0.29, 0.717) is 25.2 Å². The number of nitrogens with one attached hydrogen (secondary N) is 3. The Morgan fingerprint density at radius 1 is 1.33 bits per heavy atom. The lowest BCUT2D eigenvalue weighted by molar-refractivity contribution is -0.122. The Balaban J connectivity index is 1.78. The van der Waals surface area contributed by atoms with E-state index in [1.165, 1.54) is 0 Å². The van der Waals surface area contributed by atoms with Crippen molar-refractivity contribution in [3.05, 3.63) is 35.9 Å². The van der Waals surface area contributed by atoms with Crippen molar-refractivity contribution in [1.29, 1.82) is 0 Å². The third kappa shape index (κ3) is 4.27. The number of rotatable bonds is 5. The van der Waals surface area contributed by atoms with Crippen LogP contribution in [0.15, 0.2) is 30.3 Å². The largest absolute Gasteiger partial charge is 0.391 e. The van der Waals surface area contributed by atoms with E-state index < -0.39 is 12.1 Å². The highest BCUT2D eigenvalue weighted by molar-refractivity contribution is 5.97. The number of amides is 2. The van der Waals surface area contributed by atoms with Crippen LogP contribution in [0, 0.1) is 5.92 Å². The smallest absolute Gasteiger partial charge is 0.251 e. The van der Waals surface area contributed by atoms with Crippen LogP contribution in [0.5, 0.6) is 0 Å². The Morgan fingerprint density at radius 2 is 2.05 bits per heavy atom. The van der Waals surface area contributed by atoms with Gasteiger partial charge in [-0.05, 0) is 19.1 Å². The minimum atomic E-state index is -0.621. The number of aliphatic hydroxyl groups is 1. The van der Waals surface area contributed by atoms with Gasteiger partial charge in [0, 0.05) is 31.1 Å². The quantitative estimate of drug-likeness (QED) is 0.589. The molecule has 0 saturated carbocycles. The molecular weight excluding hydrogens is 270 g/mol. The molecule has 0 aliphatic carbocycles. The van der Waals surface area contributed by atoms with Gasteiger partial charge in [-0.25, -0.2) is 0 Å². The number of hydrogen-bond donors (Lipinski definition) is 4. The van der Waals surface area contributed by atoms with Gasteiger partial charge < -0.3 is 21.1 Å². The molecule has 0 bridgehead atoms. The van der Waals surface area contributed by atoms with E-state index in [1.54, 1.807) is 31.2 Å². The van der Waals surface area contributed by atoms with Gasteiger partial charge in [-0.1, -0.05) is 18.2 Å². The Bertz CT molecular complexity index is 492. The van der Waals surface area contributed by atoms with Crippen molar-refractivity contribution in [2.75, 3.05) is 19.6 Å². The van der Waals surface area contributed by atoms with Gasteiger partial charge in [0.15, 0.2) is 0 Å². The summed E-state index contributed by atoms with van der Waals surface area (Å²) < 4.78 is 0. The summed E-state index contributed by atoms with van der Waals surface area (Å²) in [5, 5.41) is 18.1. The number of carbonyl (C=O) groups excluding carboxylic acids is 2. The van der Waals surface area contributed by atoms with Crippen LogP contribution < -0.4 is 16.0 Å². The first-order valence-corrected chi connectivity index (χ1v) is 7.10. The molecule has 1 aromatic carbocycles. The van der Waals surface area contributed by atoms with E-state index in [0.717, 1.165) is 0 Å². The maximum absolute atomic E-state index is 11.9. The molecule has 21 heavy (non-hydrogen) atoms. The SMILES string of the molecule is CC(NC(=O)c1ccccc1)C(=O)NCC1CNCC1O. The molecule has 6 heteroatoms. The molecule has 0 aromatic heterocycles. The van der Waals surface area contributed by atoms with E-state index in [9.17, 15) is 14.7 Å². The monoisotopic (exact) mass is 291 g/mol. The summed E-state index contributed by atoms with van der Waals surface area (Å²) in [6, 6.07) is 8.14. The van der Waals surface area contributed by atoms with Crippen LogP contribution in [0.4, 0.5) is 0 Å². The number of aliphatic hydroxyl groups excluding tert-OH is 1. The summed E-state index contributed by atoms with van der Waals surface area (Å²) in [7, 11) is 0. The second-order valence-electron chi connectivity index (χ2n) is 5.29. The van der Waals surface area contributed by atoms with E-state index in [4.69, 9.17) is 0 Å². The fraction of sp³-hybridized carbons (Fsp3) is 0.467. The second-order valence-corrected chi connectivity index (χ2v) is 5.29. The first-order valence-electron chi connectivity index (χ1n) is 7.10. The minimum absolute atomic E-state index is 0.0194. The number of β-amino-alcohol motifs (C(OH)–C–C–N with tert-alkyl or cyclic N) is 1. The molecule has 2 rings (SSSR count). The highest BCUT2D eigenvalue weighted by atomic mass is 16.3. The highest BCUT2D eigenvalue weighted by Crippen LogP contribution is 2.07. The zero-order valence-electron chi connectivity index (χ0n) is 12.0. The molecule has 3 unspecified atom stereocenters. The molecule has 0 radical (unpaired) electrons. The van der Waals surface area contributed by atoms with Gasteiger partial charge in [-0.3, -0.25) is 9.59 Å². The van der Waals surface area contributed by atoms with Crippen LogP contribution in [-0.2, 0) is 4.79 Å². The standard InChI is InChI=1S/C15H21N3O3/c1-10(18-15(21)11-5-3-2-4-6-11)14(20)17-8-12-7-16-9-13(12)19/h2-6,10,12-13,16,19H,7-9H2,1H3,(H,17,20)(H,18,21). The van der Waals surface area contributed by atoms with Gasteiger partial charge in [0.05, 0.1) is 6.10 Å². The van der Waals surface area contributed by atoms with Crippen LogP contribution in [0.1, 0.15) is 17.3 Å². The Hall–Kier alpha value is -1.92. The van der Waals surface area contributed by atoms with Gasteiger partial charge >= 0.3 is 0 Å². The van der Waals surface area contributed by atoms with Crippen molar-refractivity contribution in [3.8, 4) is 0 Å². The molecule has 1 aromatic rings. The first kappa shape index (κ1) is 15.5. The molecule has 0 spiro atoms. The Kier molecular flexibility index (Phi) is 5.30. The number of benzene rings is 1. The van der Waals surface area contributed by atoms with Gasteiger partial charge in [-0.2, -0.15) is 0 Å². The maximum atomic E-state index is 11.9. The summed E-state index contributed by atoms with van der Waals surface area (Å²) in [5.41, 5.74) is 0.521. The van der Waals surface area contributed by atoms with Crippen LogP contribution in [0.25, 0.3) is 0 Å². The Labute approximate surface area is 123 Å². The third-order valence-corrected chi connectivity index (χ3v) is 3.62. The normalized spacial score (nSPS) is 22.6. The highest BCUT2D eigenvalue weighted by Gasteiger charge is 2.26.